The number of hydrogen-bond acceptors (Lipinski definition) is 3. The van der Waals surface area contributed by atoms with Gasteiger partial charge in [0.1, 0.15) is 5.75 Å². The van der Waals surface area contributed by atoms with E-state index in [2.05, 4.69) is 9.97 Å². The Morgan fingerprint density at radius 2 is 1.36 bits per heavy atom. The Bertz CT molecular complexity index is 749. The first-order valence-electron chi connectivity index (χ1n) is 6.65. The molecule has 0 radical (unpaired) electrons. The fourth-order valence-corrected chi connectivity index (χ4v) is 2.00. The van der Waals surface area contributed by atoms with Crippen molar-refractivity contribution in [3.05, 3.63) is 84.3 Å². The molecule has 0 saturated carbocycles. The molecule has 0 aliphatic rings. The molecule has 0 aliphatic heterocycles. The first-order valence-corrected chi connectivity index (χ1v) is 6.65. The lowest BCUT2D eigenvalue weighted by molar-refractivity contribution is 0.0350. The van der Waals surface area contributed by atoms with Gasteiger partial charge in [-0.15, -0.1) is 0 Å². The third-order valence-electron chi connectivity index (χ3n) is 3.06. The normalized spacial score (nSPS) is 11.2. The van der Waals surface area contributed by atoms with Gasteiger partial charge in [0, 0.05) is 18.0 Å². The first kappa shape index (κ1) is 14.1. The highest BCUT2D eigenvalue weighted by molar-refractivity contribution is 5.36. The standard InChI is InChI=1S/C17H12F2N2O/c18-17(19,13-7-3-1-4-8-13)15-16(21-12-11-20-15)22-14-9-5-2-6-10-14/h1-12H. The van der Waals surface area contributed by atoms with Gasteiger partial charge in [0.2, 0.25) is 5.88 Å². The van der Waals surface area contributed by atoms with Crippen LogP contribution in [0.1, 0.15) is 11.3 Å². The molecular formula is C17H12F2N2O. The van der Waals surface area contributed by atoms with E-state index in [1.807, 2.05) is 6.07 Å². The van der Waals surface area contributed by atoms with Gasteiger partial charge in [0.25, 0.3) is 0 Å². The molecule has 2 aromatic carbocycles. The predicted octanol–water partition coefficient (Wildman–Crippen LogP) is 4.41. The van der Waals surface area contributed by atoms with Crippen molar-refractivity contribution in [2.45, 2.75) is 5.92 Å². The monoisotopic (exact) mass is 298 g/mol. The van der Waals surface area contributed by atoms with E-state index in [0.29, 0.717) is 5.75 Å². The second kappa shape index (κ2) is 5.89. The molecule has 0 amide bonds. The molecule has 110 valence electrons. The zero-order chi connectivity index (χ0) is 15.4. The van der Waals surface area contributed by atoms with Crippen molar-refractivity contribution in [3.63, 3.8) is 0 Å². The van der Waals surface area contributed by atoms with Gasteiger partial charge in [0.05, 0.1) is 0 Å². The summed E-state index contributed by atoms with van der Waals surface area (Å²) < 4.78 is 34.8. The van der Waals surface area contributed by atoms with Gasteiger partial charge in [-0.25, -0.2) is 9.97 Å². The largest absolute Gasteiger partial charge is 0.437 e. The molecule has 1 aromatic heterocycles. The van der Waals surface area contributed by atoms with Crippen LogP contribution in [0.2, 0.25) is 0 Å². The van der Waals surface area contributed by atoms with Crippen LogP contribution < -0.4 is 4.74 Å². The van der Waals surface area contributed by atoms with Crippen molar-refractivity contribution in [2.24, 2.45) is 0 Å². The number of halogens is 2. The SMILES string of the molecule is FC(F)(c1ccccc1)c1nccnc1Oc1ccccc1. The van der Waals surface area contributed by atoms with Crippen LogP contribution in [0.15, 0.2) is 73.1 Å². The molecule has 0 fully saturated rings. The Balaban J connectivity index is 2.01. The molecule has 22 heavy (non-hydrogen) atoms. The third-order valence-corrected chi connectivity index (χ3v) is 3.06. The first-order chi connectivity index (χ1) is 10.7. The molecule has 0 unspecified atom stereocenters. The number of rotatable bonds is 4. The Morgan fingerprint density at radius 1 is 0.773 bits per heavy atom. The van der Waals surface area contributed by atoms with E-state index >= 15 is 0 Å². The summed E-state index contributed by atoms with van der Waals surface area (Å²) in [4.78, 5) is 7.69. The molecule has 3 nitrogen and oxygen atoms in total. The molecule has 0 bridgehead atoms. The lowest BCUT2D eigenvalue weighted by Gasteiger charge is -2.18. The zero-order valence-corrected chi connectivity index (χ0v) is 11.5. The summed E-state index contributed by atoms with van der Waals surface area (Å²) in [7, 11) is 0. The average Bonchev–Trinajstić information content (AvgIpc) is 2.57. The highest BCUT2D eigenvalue weighted by Gasteiger charge is 2.39. The van der Waals surface area contributed by atoms with Crippen molar-refractivity contribution in [1.82, 2.24) is 9.97 Å². The van der Waals surface area contributed by atoms with Gasteiger partial charge in [0.15, 0.2) is 5.69 Å². The lowest BCUT2D eigenvalue weighted by Crippen LogP contribution is -2.18. The van der Waals surface area contributed by atoms with Crippen LogP contribution in [0.3, 0.4) is 0 Å². The molecule has 0 N–H and O–H groups in total. The number of aromatic nitrogens is 2. The maximum absolute atomic E-state index is 14.7. The van der Waals surface area contributed by atoms with Crippen molar-refractivity contribution in [3.8, 4) is 11.6 Å². The number of alkyl halides is 2. The Hall–Kier alpha value is -2.82. The van der Waals surface area contributed by atoms with Gasteiger partial charge in [-0.3, -0.25) is 0 Å². The summed E-state index contributed by atoms with van der Waals surface area (Å²) in [5.74, 6) is -3.07. The van der Waals surface area contributed by atoms with Crippen LogP contribution in [0.5, 0.6) is 11.6 Å². The number of ether oxygens (including phenoxy) is 1. The van der Waals surface area contributed by atoms with Crippen molar-refractivity contribution in [2.75, 3.05) is 0 Å². The van der Waals surface area contributed by atoms with Crippen molar-refractivity contribution >= 4 is 0 Å². The third kappa shape index (κ3) is 2.79. The van der Waals surface area contributed by atoms with Gasteiger partial charge in [-0.1, -0.05) is 48.5 Å². The molecule has 0 aliphatic carbocycles. The lowest BCUT2D eigenvalue weighted by atomic mass is 10.1. The van der Waals surface area contributed by atoms with Crippen molar-refractivity contribution < 1.29 is 13.5 Å². The summed E-state index contributed by atoms with van der Waals surface area (Å²) in [5.41, 5.74) is -0.668. The summed E-state index contributed by atoms with van der Waals surface area (Å²) in [6.07, 6.45) is 2.55. The Kier molecular flexibility index (Phi) is 3.78. The number of benzene rings is 2. The minimum Gasteiger partial charge on any atom is -0.437 e. The fraction of sp³-hybridized carbons (Fsp3) is 0.0588. The van der Waals surface area contributed by atoms with Gasteiger partial charge >= 0.3 is 5.92 Å². The van der Waals surface area contributed by atoms with Gasteiger partial charge < -0.3 is 4.74 Å². The van der Waals surface area contributed by atoms with E-state index in [-0.39, 0.29) is 11.4 Å². The zero-order valence-electron chi connectivity index (χ0n) is 11.5. The van der Waals surface area contributed by atoms with E-state index in [1.165, 1.54) is 24.5 Å². The van der Waals surface area contributed by atoms with Crippen LogP contribution in [0.25, 0.3) is 0 Å². The quantitative estimate of drug-likeness (QED) is 0.715. The van der Waals surface area contributed by atoms with E-state index < -0.39 is 11.6 Å². The second-order valence-corrected chi connectivity index (χ2v) is 4.57. The number of hydrogen-bond donors (Lipinski definition) is 0. The van der Waals surface area contributed by atoms with E-state index in [1.54, 1.807) is 42.5 Å². The molecule has 3 aromatic rings. The summed E-state index contributed by atoms with van der Waals surface area (Å²) >= 11 is 0. The molecule has 0 saturated heterocycles. The molecule has 0 spiro atoms. The van der Waals surface area contributed by atoms with Gasteiger partial charge in [-0.05, 0) is 12.1 Å². The minimum absolute atomic E-state index is 0.159. The highest BCUT2D eigenvalue weighted by Crippen LogP contribution is 2.39. The van der Waals surface area contributed by atoms with Gasteiger partial charge in [-0.2, -0.15) is 8.78 Å². The maximum Gasteiger partial charge on any atom is 0.320 e. The molecule has 0 atom stereocenters. The number of nitrogens with zero attached hydrogens (tertiary/aromatic N) is 2. The van der Waals surface area contributed by atoms with E-state index in [9.17, 15) is 8.78 Å². The van der Waals surface area contributed by atoms with Crippen molar-refractivity contribution in [1.29, 1.82) is 0 Å². The predicted molar refractivity (Wildman–Crippen MR) is 78.0 cm³/mol. The fourth-order valence-electron chi connectivity index (χ4n) is 2.00. The molecular weight excluding hydrogens is 286 g/mol. The highest BCUT2D eigenvalue weighted by atomic mass is 19.3. The molecule has 1 heterocycles. The van der Waals surface area contributed by atoms with E-state index in [4.69, 9.17) is 4.74 Å². The summed E-state index contributed by atoms with van der Waals surface area (Å²) in [6, 6.07) is 16.1. The molecule has 5 heteroatoms. The minimum atomic E-state index is -3.29. The Labute approximate surface area is 126 Å². The van der Waals surface area contributed by atoms with Crippen LogP contribution >= 0.6 is 0 Å². The summed E-state index contributed by atoms with van der Waals surface area (Å²) in [6.45, 7) is 0. The maximum atomic E-state index is 14.7. The Morgan fingerprint density at radius 3 is 2.05 bits per heavy atom. The number of para-hydroxylation sites is 1. The van der Waals surface area contributed by atoms with Crippen LogP contribution in [0.4, 0.5) is 8.78 Å². The second-order valence-electron chi connectivity index (χ2n) is 4.57. The summed E-state index contributed by atoms with van der Waals surface area (Å²) in [5, 5.41) is 0. The van der Waals surface area contributed by atoms with Crippen LogP contribution in [0, 0.1) is 0 Å². The topological polar surface area (TPSA) is 35.0 Å². The van der Waals surface area contributed by atoms with E-state index in [0.717, 1.165) is 0 Å². The van der Waals surface area contributed by atoms with Crippen LogP contribution in [-0.4, -0.2) is 9.97 Å². The van der Waals surface area contributed by atoms with Crippen LogP contribution in [-0.2, 0) is 5.92 Å². The molecule has 3 rings (SSSR count). The smallest absolute Gasteiger partial charge is 0.320 e. The average molecular weight is 298 g/mol.